The number of hydrogen-bond acceptors (Lipinski definition) is 2. The van der Waals surface area contributed by atoms with Gasteiger partial charge in [-0.15, -0.1) is 0 Å². The van der Waals surface area contributed by atoms with Gasteiger partial charge in [0.25, 0.3) is 5.56 Å². The number of aromatic nitrogens is 2. The number of hydrogen-bond donors (Lipinski definition) is 0. The molecule has 4 heteroatoms. The van der Waals surface area contributed by atoms with Crippen molar-refractivity contribution >= 4 is 10.8 Å². The second-order valence-corrected chi connectivity index (χ2v) is 6.63. The SMILES string of the molecule is CCc1cc2cccc(-c3cncc(C)c3)c2c(=O)n1-c1cccc(F)c1. The van der Waals surface area contributed by atoms with E-state index < -0.39 is 0 Å². The molecule has 4 aromatic rings. The van der Waals surface area contributed by atoms with Crippen molar-refractivity contribution in [3.63, 3.8) is 0 Å². The van der Waals surface area contributed by atoms with Crippen LogP contribution >= 0.6 is 0 Å². The van der Waals surface area contributed by atoms with Gasteiger partial charge in [0, 0.05) is 23.7 Å². The number of halogens is 1. The standard InChI is InChI=1S/C23H19FN2O/c1-3-19-11-16-6-4-9-21(17-10-15(2)13-25-14-17)22(16)23(27)26(19)20-8-5-7-18(24)12-20/h4-14H,3H2,1-2H3. The fourth-order valence-electron chi connectivity index (χ4n) is 3.52. The van der Waals surface area contributed by atoms with Crippen LogP contribution in [0.3, 0.4) is 0 Å². The molecule has 0 saturated heterocycles. The molecule has 2 heterocycles. The Morgan fingerprint density at radius 3 is 2.59 bits per heavy atom. The van der Waals surface area contributed by atoms with E-state index in [9.17, 15) is 9.18 Å². The van der Waals surface area contributed by atoms with Crippen LogP contribution in [0.15, 0.2) is 71.8 Å². The molecule has 0 bridgehead atoms. The Balaban J connectivity index is 2.10. The van der Waals surface area contributed by atoms with E-state index in [1.54, 1.807) is 29.1 Å². The fraction of sp³-hybridized carbons (Fsp3) is 0.130. The molecule has 4 rings (SSSR count). The molecule has 27 heavy (non-hydrogen) atoms. The van der Waals surface area contributed by atoms with Crippen molar-refractivity contribution in [3.8, 4) is 16.8 Å². The largest absolute Gasteiger partial charge is 0.281 e. The zero-order valence-electron chi connectivity index (χ0n) is 15.2. The van der Waals surface area contributed by atoms with Crippen LogP contribution in [0, 0.1) is 12.7 Å². The molecule has 134 valence electrons. The Morgan fingerprint density at radius 2 is 1.85 bits per heavy atom. The Labute approximate surface area is 156 Å². The van der Waals surface area contributed by atoms with E-state index in [1.807, 2.05) is 44.2 Å². The monoisotopic (exact) mass is 358 g/mol. The van der Waals surface area contributed by atoms with Crippen molar-refractivity contribution in [1.82, 2.24) is 9.55 Å². The van der Waals surface area contributed by atoms with Crippen molar-refractivity contribution in [2.75, 3.05) is 0 Å². The molecule has 0 amide bonds. The Morgan fingerprint density at radius 1 is 1.04 bits per heavy atom. The number of pyridine rings is 2. The van der Waals surface area contributed by atoms with Gasteiger partial charge in [0.15, 0.2) is 0 Å². The molecule has 0 aliphatic rings. The lowest BCUT2D eigenvalue weighted by atomic mass is 9.99. The van der Waals surface area contributed by atoms with Crippen LogP contribution in [0.25, 0.3) is 27.6 Å². The fourth-order valence-corrected chi connectivity index (χ4v) is 3.52. The average molecular weight is 358 g/mol. The summed E-state index contributed by atoms with van der Waals surface area (Å²) in [6.07, 6.45) is 4.22. The van der Waals surface area contributed by atoms with Crippen LogP contribution in [0.1, 0.15) is 18.2 Å². The first-order chi connectivity index (χ1) is 13.1. The molecule has 2 aromatic carbocycles. The third-order valence-electron chi connectivity index (χ3n) is 4.74. The Kier molecular flexibility index (Phi) is 4.32. The second-order valence-electron chi connectivity index (χ2n) is 6.63. The van der Waals surface area contributed by atoms with E-state index >= 15 is 0 Å². The van der Waals surface area contributed by atoms with E-state index in [2.05, 4.69) is 4.98 Å². The van der Waals surface area contributed by atoms with Crippen molar-refractivity contribution in [1.29, 1.82) is 0 Å². The summed E-state index contributed by atoms with van der Waals surface area (Å²) < 4.78 is 15.4. The minimum atomic E-state index is -0.363. The molecule has 3 nitrogen and oxygen atoms in total. The van der Waals surface area contributed by atoms with Crippen molar-refractivity contribution in [2.45, 2.75) is 20.3 Å². The molecule has 0 spiro atoms. The number of fused-ring (bicyclic) bond motifs is 1. The molecule has 0 aliphatic heterocycles. The molecule has 0 atom stereocenters. The molecular formula is C23H19FN2O. The van der Waals surface area contributed by atoms with E-state index in [4.69, 9.17) is 0 Å². The molecule has 0 fully saturated rings. The van der Waals surface area contributed by atoms with Crippen LogP contribution in [0.4, 0.5) is 4.39 Å². The van der Waals surface area contributed by atoms with Gasteiger partial charge in [-0.25, -0.2) is 4.39 Å². The van der Waals surface area contributed by atoms with Gasteiger partial charge in [-0.1, -0.05) is 31.2 Å². The molecular weight excluding hydrogens is 339 g/mol. The third-order valence-corrected chi connectivity index (χ3v) is 4.74. The van der Waals surface area contributed by atoms with Gasteiger partial charge in [0.2, 0.25) is 0 Å². The second kappa shape index (κ2) is 6.80. The highest BCUT2D eigenvalue weighted by atomic mass is 19.1. The highest BCUT2D eigenvalue weighted by Crippen LogP contribution is 2.28. The summed E-state index contributed by atoms with van der Waals surface area (Å²) in [6.45, 7) is 3.96. The zero-order valence-corrected chi connectivity index (χ0v) is 15.2. The van der Waals surface area contributed by atoms with E-state index in [0.29, 0.717) is 17.5 Å². The Hall–Kier alpha value is -3.27. The number of aryl methyl sites for hydroxylation is 2. The first-order valence-corrected chi connectivity index (χ1v) is 8.94. The third kappa shape index (κ3) is 3.04. The maximum Gasteiger partial charge on any atom is 0.263 e. The van der Waals surface area contributed by atoms with Gasteiger partial charge in [0.05, 0.1) is 11.1 Å². The van der Waals surface area contributed by atoms with Crippen LogP contribution in [0.5, 0.6) is 0 Å². The van der Waals surface area contributed by atoms with Gasteiger partial charge in [-0.3, -0.25) is 14.3 Å². The lowest BCUT2D eigenvalue weighted by Gasteiger charge is -2.15. The highest BCUT2D eigenvalue weighted by Gasteiger charge is 2.14. The van der Waals surface area contributed by atoms with Gasteiger partial charge in [-0.2, -0.15) is 0 Å². The summed E-state index contributed by atoms with van der Waals surface area (Å²) in [7, 11) is 0. The quantitative estimate of drug-likeness (QED) is 0.513. The van der Waals surface area contributed by atoms with E-state index in [0.717, 1.165) is 27.8 Å². The van der Waals surface area contributed by atoms with Crippen LogP contribution in [-0.2, 0) is 6.42 Å². The van der Waals surface area contributed by atoms with Crippen LogP contribution in [0.2, 0.25) is 0 Å². The minimum Gasteiger partial charge on any atom is -0.281 e. The summed E-state index contributed by atoms with van der Waals surface area (Å²) in [4.78, 5) is 17.8. The topological polar surface area (TPSA) is 34.9 Å². The van der Waals surface area contributed by atoms with Crippen LogP contribution in [-0.4, -0.2) is 9.55 Å². The number of benzene rings is 2. The van der Waals surface area contributed by atoms with Gasteiger partial charge in [-0.05, 0) is 60.2 Å². The van der Waals surface area contributed by atoms with Crippen molar-refractivity contribution in [3.05, 3.63) is 94.4 Å². The predicted molar refractivity (Wildman–Crippen MR) is 107 cm³/mol. The molecule has 0 radical (unpaired) electrons. The zero-order chi connectivity index (χ0) is 19.0. The summed E-state index contributed by atoms with van der Waals surface area (Å²) in [5.74, 6) is -0.363. The molecule has 0 saturated carbocycles. The lowest BCUT2D eigenvalue weighted by molar-refractivity contribution is 0.626. The summed E-state index contributed by atoms with van der Waals surface area (Å²) in [5, 5.41) is 1.50. The molecule has 0 unspecified atom stereocenters. The molecule has 2 aromatic heterocycles. The van der Waals surface area contributed by atoms with Gasteiger partial charge >= 0.3 is 0 Å². The predicted octanol–water partition coefficient (Wildman–Crippen LogP) is 5.06. The van der Waals surface area contributed by atoms with Crippen LogP contribution < -0.4 is 5.56 Å². The minimum absolute atomic E-state index is 0.146. The summed E-state index contributed by atoms with van der Waals surface area (Å²) in [5.41, 5.74) is 4.00. The van der Waals surface area contributed by atoms with E-state index in [-0.39, 0.29) is 11.4 Å². The van der Waals surface area contributed by atoms with E-state index in [1.165, 1.54) is 12.1 Å². The smallest absolute Gasteiger partial charge is 0.263 e. The van der Waals surface area contributed by atoms with Crippen molar-refractivity contribution in [2.24, 2.45) is 0 Å². The average Bonchev–Trinajstić information content (AvgIpc) is 2.67. The van der Waals surface area contributed by atoms with Gasteiger partial charge < -0.3 is 0 Å². The molecule has 0 N–H and O–H groups in total. The summed E-state index contributed by atoms with van der Waals surface area (Å²) >= 11 is 0. The first-order valence-electron chi connectivity index (χ1n) is 8.94. The molecule has 0 aliphatic carbocycles. The van der Waals surface area contributed by atoms with Gasteiger partial charge in [0.1, 0.15) is 5.82 Å². The first kappa shape index (κ1) is 17.2. The Bertz CT molecular complexity index is 1210. The number of nitrogens with zero attached hydrogens (tertiary/aromatic N) is 2. The highest BCUT2D eigenvalue weighted by molar-refractivity contribution is 5.96. The summed E-state index contributed by atoms with van der Waals surface area (Å²) in [6, 6.07) is 16.0. The maximum absolute atomic E-state index is 13.8. The number of rotatable bonds is 3. The van der Waals surface area contributed by atoms with Crippen molar-refractivity contribution < 1.29 is 4.39 Å². The normalized spacial score (nSPS) is 11.1. The lowest BCUT2D eigenvalue weighted by Crippen LogP contribution is -2.22. The maximum atomic E-state index is 13.8.